The number of rotatable bonds is 16. The Morgan fingerprint density at radius 1 is 0.566 bits per heavy atom. The molecular weight excluding hydrogens is 1100 g/mol. The van der Waals surface area contributed by atoms with Gasteiger partial charge in [0, 0.05) is 12.3 Å². The smallest absolute Gasteiger partial charge is 0.187 e. The Morgan fingerprint density at radius 2 is 1.12 bits per heavy atom. The van der Waals surface area contributed by atoms with Crippen molar-refractivity contribution in [1.29, 1.82) is 0 Å². The van der Waals surface area contributed by atoms with Gasteiger partial charge in [-0.3, -0.25) is 0 Å². The van der Waals surface area contributed by atoms with E-state index in [2.05, 4.69) is 26.8 Å². The maximum atomic E-state index is 12.3. The van der Waals surface area contributed by atoms with Crippen LogP contribution in [0.15, 0.2) is 11.6 Å². The molecule has 478 valence electrons. The lowest BCUT2D eigenvalue weighted by Gasteiger charge is -2.58. The Balaban J connectivity index is 0.786. The first-order valence-corrected chi connectivity index (χ1v) is 30.1. The van der Waals surface area contributed by atoms with Gasteiger partial charge in [0.1, 0.15) is 104 Å². The minimum Gasteiger partial charge on any atom is -0.394 e. The average molecular weight is 1200 g/mol. The third-order valence-electron chi connectivity index (χ3n) is 21.5. The van der Waals surface area contributed by atoms with Gasteiger partial charge in [0.25, 0.3) is 0 Å². The van der Waals surface area contributed by atoms with Crippen LogP contribution in [-0.2, 0) is 52.1 Å². The van der Waals surface area contributed by atoms with Crippen molar-refractivity contribution in [3.05, 3.63) is 11.6 Å². The summed E-state index contributed by atoms with van der Waals surface area (Å²) in [5.41, 5.74) is 0.970. The van der Waals surface area contributed by atoms with Crippen LogP contribution in [0.25, 0.3) is 0 Å². The highest BCUT2D eigenvalue weighted by molar-refractivity contribution is 5.26. The highest BCUT2D eigenvalue weighted by Crippen LogP contribution is 2.70. The molecule has 36 atom stereocenters. The molecule has 1 unspecified atom stereocenters. The van der Waals surface area contributed by atoms with E-state index in [1.807, 2.05) is 6.92 Å². The molecule has 0 aromatic rings. The van der Waals surface area contributed by atoms with Crippen molar-refractivity contribution in [1.82, 2.24) is 0 Å². The Morgan fingerprint density at radius 3 is 1.75 bits per heavy atom. The van der Waals surface area contributed by atoms with Gasteiger partial charge in [-0.15, -0.1) is 0 Å². The largest absolute Gasteiger partial charge is 0.394 e. The normalized spacial score (nSPS) is 55.9. The van der Waals surface area contributed by atoms with Gasteiger partial charge in [0.2, 0.25) is 0 Å². The van der Waals surface area contributed by atoms with Crippen LogP contribution in [0.4, 0.5) is 0 Å². The SMILES string of the molecule is CC(CC[C@@]1(O)O[C@H]2C[C@H]3[C@@H]4CC=C5C[C@@H](O[C@@H]6O[C@H](CO)[C@@H](O[C@@H]7O[C@@H](C)[C@H](O[C@@H]8O[C@@H](C)[C@H](O)[C@@H](O)[C@H]8O)[C@@H](O)[C@H]7O)[C@H](O)[C@H]6O[C@@H]6O[C@@H](C)[C@H](O)[C@@H](O)[C@H]6O)CC[C@]5(C)[C@H]4CC[C@]3(C)[C@H]2[C@@H]1C)CO[C@@H]1O[C@H](CO)[C@@H](O)[C@H](O)[C@H]1O. The Labute approximate surface area is 483 Å². The van der Waals surface area contributed by atoms with E-state index < -0.39 is 179 Å². The molecule has 0 aromatic carbocycles. The van der Waals surface area contributed by atoms with E-state index in [-0.39, 0.29) is 41.3 Å². The summed E-state index contributed by atoms with van der Waals surface area (Å²) in [7, 11) is 0. The summed E-state index contributed by atoms with van der Waals surface area (Å²) < 4.78 is 66.7. The molecule has 4 aliphatic carbocycles. The molecule has 0 bridgehead atoms. The fourth-order valence-electron chi connectivity index (χ4n) is 16.4. The minimum atomic E-state index is -1.88. The number of ether oxygens (including phenoxy) is 11. The predicted molar refractivity (Wildman–Crippen MR) is 280 cm³/mol. The summed E-state index contributed by atoms with van der Waals surface area (Å²) in [6, 6.07) is 0. The molecule has 10 rings (SSSR count). The minimum absolute atomic E-state index is 0.0864. The van der Waals surface area contributed by atoms with E-state index in [4.69, 9.17) is 52.1 Å². The summed E-state index contributed by atoms with van der Waals surface area (Å²) in [5, 5.41) is 162. The van der Waals surface area contributed by atoms with Gasteiger partial charge in [-0.2, -0.15) is 0 Å². The summed E-state index contributed by atoms with van der Waals surface area (Å²) in [4.78, 5) is 0. The lowest BCUT2D eigenvalue weighted by atomic mass is 9.47. The summed E-state index contributed by atoms with van der Waals surface area (Å²) in [6.07, 6.45) is -29.2. The number of aliphatic hydroxyl groups is 15. The molecule has 83 heavy (non-hydrogen) atoms. The van der Waals surface area contributed by atoms with Gasteiger partial charge in [-0.25, -0.2) is 0 Å². The maximum absolute atomic E-state index is 12.3. The molecule has 6 saturated heterocycles. The Hall–Kier alpha value is -1.30. The summed E-state index contributed by atoms with van der Waals surface area (Å²) in [5.74, 6) is -0.409. The lowest BCUT2D eigenvalue weighted by Crippen LogP contribution is -2.67. The topological polar surface area (TPSA) is 405 Å². The molecule has 0 aromatic heterocycles. The molecule has 6 heterocycles. The zero-order valence-electron chi connectivity index (χ0n) is 48.3. The maximum Gasteiger partial charge on any atom is 0.187 e. The molecule has 26 nitrogen and oxygen atoms in total. The fraction of sp³-hybridized carbons (Fsp3) is 0.965. The second-order valence-electron chi connectivity index (χ2n) is 26.6. The van der Waals surface area contributed by atoms with Crippen LogP contribution < -0.4 is 0 Å². The van der Waals surface area contributed by atoms with Gasteiger partial charge in [0.05, 0.1) is 50.3 Å². The van der Waals surface area contributed by atoms with Crippen LogP contribution in [0.1, 0.15) is 106 Å². The van der Waals surface area contributed by atoms with E-state index in [1.54, 1.807) is 0 Å². The second-order valence-corrected chi connectivity index (χ2v) is 26.6. The zero-order chi connectivity index (χ0) is 60.1. The molecule has 3 saturated carbocycles. The van der Waals surface area contributed by atoms with Crippen LogP contribution in [0, 0.1) is 46.3 Å². The van der Waals surface area contributed by atoms with Gasteiger partial charge >= 0.3 is 0 Å². The van der Waals surface area contributed by atoms with Crippen LogP contribution in [0.3, 0.4) is 0 Å². The first-order valence-electron chi connectivity index (χ1n) is 30.1. The standard InChI is InChI=1S/C57H94O26/c1-21(20-73-50-42(67)40(65)37(62)32(18-58)78-50)10-15-57(72)22(2)34-31(83-57)17-30-28-9-8-26-16-27(11-13-55(26,6)29(28)12-14-56(30,34)7)77-54-49(82-52-44(69)39(64)36(61)24(4)75-52)46(71)48(33(19-59)79-54)81-53-45(70)41(66)47(25(5)76-53)80-51-43(68)38(63)35(60)23(3)74-51/h8,21-25,27-54,58-72H,9-20H2,1-7H3/t21?,22-,23-,24-,25-,27-,28+,29-,30-,31-,32+,33+,34-,35-,36-,37+,38+,39+,40-,41-,42+,43+,44+,45+,46-,47-,48+,49+,50+,51-,52-,53-,54+,55-,56-,57+/m0/s1. The number of hydrogen-bond acceptors (Lipinski definition) is 26. The van der Waals surface area contributed by atoms with E-state index in [0.717, 1.165) is 32.1 Å². The third kappa shape index (κ3) is 11.8. The molecule has 15 N–H and O–H groups in total. The van der Waals surface area contributed by atoms with E-state index in [0.29, 0.717) is 43.4 Å². The monoisotopic (exact) mass is 1190 g/mol. The third-order valence-corrected chi connectivity index (χ3v) is 21.5. The average Bonchev–Trinajstić information content (AvgIpc) is 2.29. The van der Waals surface area contributed by atoms with Crippen LogP contribution >= 0.6 is 0 Å². The van der Waals surface area contributed by atoms with Gasteiger partial charge in [-0.05, 0) is 113 Å². The Bertz CT molecular complexity index is 2200. The molecule has 9 fully saturated rings. The van der Waals surface area contributed by atoms with E-state index in [9.17, 15) is 76.6 Å². The fourth-order valence-corrected chi connectivity index (χ4v) is 16.4. The molecule has 10 aliphatic rings. The molecule has 26 heteroatoms. The van der Waals surface area contributed by atoms with Crippen molar-refractivity contribution in [2.45, 2.75) is 278 Å². The second kappa shape index (κ2) is 25.2. The van der Waals surface area contributed by atoms with Gasteiger partial charge in [-0.1, -0.05) is 39.3 Å². The first kappa shape index (κ1) is 64.7. The van der Waals surface area contributed by atoms with E-state index in [1.165, 1.54) is 26.3 Å². The zero-order valence-corrected chi connectivity index (χ0v) is 48.3. The van der Waals surface area contributed by atoms with E-state index >= 15 is 0 Å². The molecule has 0 spiro atoms. The lowest BCUT2D eigenvalue weighted by molar-refractivity contribution is -0.394. The number of fused-ring (bicyclic) bond motifs is 7. The molecule has 6 aliphatic heterocycles. The van der Waals surface area contributed by atoms with Crippen LogP contribution in [0.2, 0.25) is 0 Å². The van der Waals surface area contributed by atoms with Crippen molar-refractivity contribution in [3.63, 3.8) is 0 Å². The highest BCUT2D eigenvalue weighted by Gasteiger charge is 2.68. The van der Waals surface area contributed by atoms with Crippen molar-refractivity contribution in [2.24, 2.45) is 46.3 Å². The highest BCUT2D eigenvalue weighted by atomic mass is 16.8. The van der Waals surface area contributed by atoms with Gasteiger partial charge in [0.15, 0.2) is 37.2 Å². The van der Waals surface area contributed by atoms with Crippen molar-refractivity contribution in [2.75, 3.05) is 19.8 Å². The van der Waals surface area contributed by atoms with Crippen LogP contribution in [0.5, 0.6) is 0 Å². The first-order chi connectivity index (χ1) is 39.2. The Kier molecular flexibility index (Phi) is 19.6. The predicted octanol–water partition coefficient (Wildman–Crippen LogP) is -3.13. The quantitative estimate of drug-likeness (QED) is 0.0680. The number of allylic oxidation sites excluding steroid dienone is 1. The van der Waals surface area contributed by atoms with Gasteiger partial charge < -0.3 is 129 Å². The molecule has 0 radical (unpaired) electrons. The van der Waals surface area contributed by atoms with Crippen LogP contribution in [-0.4, -0.2) is 268 Å². The van der Waals surface area contributed by atoms with Crippen molar-refractivity contribution < 1.29 is 129 Å². The molecular formula is C57H94O26. The number of hydrogen-bond donors (Lipinski definition) is 15. The summed E-state index contributed by atoms with van der Waals surface area (Å²) >= 11 is 0. The number of aliphatic hydroxyl groups excluding tert-OH is 14. The molecule has 0 amide bonds. The van der Waals surface area contributed by atoms with Crippen molar-refractivity contribution >= 4 is 0 Å². The summed E-state index contributed by atoms with van der Waals surface area (Å²) in [6.45, 7) is 12.0. The van der Waals surface area contributed by atoms with Crippen molar-refractivity contribution in [3.8, 4) is 0 Å².